The number of hydrogen-bond donors (Lipinski definition) is 2. The van der Waals surface area contributed by atoms with Crippen LogP contribution in [0.5, 0.6) is 5.75 Å². The number of nitrogens with zero attached hydrogens (tertiary/aromatic N) is 1. The van der Waals surface area contributed by atoms with Crippen LogP contribution in [0.2, 0.25) is 0 Å². The van der Waals surface area contributed by atoms with Crippen LogP contribution in [0.3, 0.4) is 0 Å². The van der Waals surface area contributed by atoms with Crippen LogP contribution in [-0.2, 0) is 14.3 Å². The molecule has 0 radical (unpaired) electrons. The van der Waals surface area contributed by atoms with Crippen LogP contribution in [0.4, 0.5) is 10.4 Å². The van der Waals surface area contributed by atoms with E-state index in [1.54, 1.807) is 30.3 Å². The van der Waals surface area contributed by atoms with Crippen LogP contribution >= 0.6 is 11.6 Å². The highest BCUT2D eigenvalue weighted by Crippen LogP contribution is 2.24. The second-order valence-corrected chi connectivity index (χ2v) is 9.83. The SMILES string of the molecule is Cc1ccc(S(=O)(=O)OCCC(Cl)CCNc2nc3ccc(OC/C(=C\F)CN)cc3o2)cc1. The van der Waals surface area contributed by atoms with Crippen molar-refractivity contribution in [2.45, 2.75) is 30.0 Å². The van der Waals surface area contributed by atoms with Crippen LogP contribution < -0.4 is 15.8 Å². The number of nitrogens with two attached hydrogens (primary N) is 1. The molecule has 3 rings (SSSR count). The quantitative estimate of drug-likeness (QED) is 0.254. The van der Waals surface area contributed by atoms with Crippen LogP contribution in [-0.4, -0.2) is 45.1 Å². The number of ether oxygens (including phenoxy) is 1. The number of aryl methyl sites for hydroxylation is 1. The van der Waals surface area contributed by atoms with Crippen LogP contribution in [0.1, 0.15) is 18.4 Å². The van der Waals surface area contributed by atoms with E-state index in [0.29, 0.717) is 54.2 Å². The summed E-state index contributed by atoms with van der Waals surface area (Å²) >= 11 is 6.30. The average Bonchev–Trinajstić information content (AvgIpc) is 3.22. The molecule has 0 aliphatic rings. The molecule has 0 aliphatic heterocycles. The van der Waals surface area contributed by atoms with Crippen molar-refractivity contribution in [3.63, 3.8) is 0 Å². The lowest BCUT2D eigenvalue weighted by Crippen LogP contribution is -2.14. The maximum Gasteiger partial charge on any atom is 0.296 e. The summed E-state index contributed by atoms with van der Waals surface area (Å²) in [5.41, 5.74) is 7.86. The molecule has 11 heteroatoms. The Balaban J connectivity index is 1.42. The van der Waals surface area contributed by atoms with Crippen molar-refractivity contribution in [1.82, 2.24) is 4.98 Å². The zero-order valence-corrected chi connectivity index (χ0v) is 20.2. The molecule has 2 aromatic carbocycles. The van der Waals surface area contributed by atoms with Crippen LogP contribution in [0.25, 0.3) is 11.1 Å². The van der Waals surface area contributed by atoms with Crippen molar-refractivity contribution in [1.29, 1.82) is 0 Å². The zero-order valence-electron chi connectivity index (χ0n) is 18.7. The predicted molar refractivity (Wildman–Crippen MR) is 129 cm³/mol. The average molecular weight is 512 g/mol. The molecule has 0 saturated carbocycles. The highest BCUT2D eigenvalue weighted by Gasteiger charge is 2.16. The molecule has 1 heterocycles. The molecule has 0 spiro atoms. The van der Waals surface area contributed by atoms with E-state index in [1.807, 2.05) is 6.92 Å². The first-order valence-corrected chi connectivity index (χ1v) is 12.5. The van der Waals surface area contributed by atoms with Gasteiger partial charge in [0.05, 0.1) is 17.8 Å². The highest BCUT2D eigenvalue weighted by molar-refractivity contribution is 7.86. The number of oxazole rings is 1. The van der Waals surface area contributed by atoms with Crippen LogP contribution in [0.15, 0.2) is 63.7 Å². The van der Waals surface area contributed by atoms with Gasteiger partial charge in [0.15, 0.2) is 5.58 Å². The van der Waals surface area contributed by atoms with Crippen molar-refractivity contribution in [2.24, 2.45) is 5.73 Å². The number of anilines is 1. The lowest BCUT2D eigenvalue weighted by Gasteiger charge is -2.10. The zero-order chi connectivity index (χ0) is 24.6. The summed E-state index contributed by atoms with van der Waals surface area (Å²) < 4.78 is 53.3. The van der Waals surface area contributed by atoms with Gasteiger partial charge in [-0.15, -0.1) is 11.6 Å². The fourth-order valence-corrected chi connectivity index (χ4v) is 4.04. The molecular formula is C23H27ClFN3O5S. The molecule has 0 amide bonds. The fraction of sp³-hybridized carbons (Fsp3) is 0.348. The summed E-state index contributed by atoms with van der Waals surface area (Å²) in [6, 6.07) is 11.9. The molecule has 184 valence electrons. The number of hydrogen-bond acceptors (Lipinski definition) is 8. The lowest BCUT2D eigenvalue weighted by molar-refractivity contribution is 0.309. The van der Waals surface area contributed by atoms with E-state index in [-0.39, 0.29) is 30.0 Å². The van der Waals surface area contributed by atoms with Gasteiger partial charge in [-0.25, -0.2) is 4.39 Å². The van der Waals surface area contributed by atoms with E-state index < -0.39 is 10.1 Å². The van der Waals surface area contributed by atoms with E-state index in [0.717, 1.165) is 5.56 Å². The number of alkyl halides is 1. The lowest BCUT2D eigenvalue weighted by atomic mass is 10.2. The first-order chi connectivity index (χ1) is 16.3. The van der Waals surface area contributed by atoms with E-state index in [2.05, 4.69) is 10.3 Å². The Morgan fingerprint density at radius 2 is 2.03 bits per heavy atom. The van der Waals surface area contributed by atoms with Gasteiger partial charge in [0.2, 0.25) is 0 Å². The van der Waals surface area contributed by atoms with Crippen molar-refractivity contribution in [3.8, 4) is 5.75 Å². The molecule has 3 aromatic rings. The highest BCUT2D eigenvalue weighted by atomic mass is 35.5. The Bertz CT molecular complexity index is 1220. The number of rotatable bonds is 13. The van der Waals surface area contributed by atoms with Crippen molar-refractivity contribution in [3.05, 3.63) is 59.9 Å². The molecule has 34 heavy (non-hydrogen) atoms. The number of nitrogens with one attached hydrogen (secondary N) is 1. The summed E-state index contributed by atoms with van der Waals surface area (Å²) in [4.78, 5) is 4.46. The molecule has 1 unspecified atom stereocenters. The first-order valence-electron chi connectivity index (χ1n) is 10.7. The standard InChI is InChI=1S/C23H27ClFN3O5S/c1-16-2-5-20(6-3-16)34(29,30)32-11-9-18(24)8-10-27-23-28-21-7-4-19(12-22(21)33-23)31-15-17(13-25)14-26/h2-7,12-13,18H,8-11,14-15,26H2,1H3,(H,27,28)/b17-13-. The van der Waals surface area contributed by atoms with Gasteiger partial charge in [0.25, 0.3) is 16.1 Å². The summed E-state index contributed by atoms with van der Waals surface area (Å²) in [6.45, 7) is 2.45. The summed E-state index contributed by atoms with van der Waals surface area (Å²) in [5.74, 6) is 0.504. The second-order valence-electron chi connectivity index (χ2n) is 7.60. The topological polar surface area (TPSA) is 117 Å². The van der Waals surface area contributed by atoms with E-state index in [1.165, 1.54) is 12.1 Å². The molecule has 8 nitrogen and oxygen atoms in total. The maximum atomic E-state index is 12.6. The van der Waals surface area contributed by atoms with Crippen LogP contribution in [0, 0.1) is 6.92 Å². The monoisotopic (exact) mass is 511 g/mol. The third kappa shape index (κ3) is 7.42. The number of halogens is 2. The number of benzene rings is 2. The molecule has 1 atom stereocenters. The summed E-state index contributed by atoms with van der Waals surface area (Å²) in [6.07, 6.45) is 1.34. The van der Waals surface area contributed by atoms with Gasteiger partial charge >= 0.3 is 0 Å². The van der Waals surface area contributed by atoms with E-state index in [4.69, 9.17) is 30.7 Å². The van der Waals surface area contributed by atoms with Gasteiger partial charge in [-0.2, -0.15) is 13.4 Å². The number of aromatic nitrogens is 1. The molecule has 0 saturated heterocycles. The first kappa shape index (κ1) is 26.0. The third-order valence-electron chi connectivity index (χ3n) is 4.91. The van der Waals surface area contributed by atoms with Crippen molar-refractivity contribution < 1.29 is 26.1 Å². The maximum absolute atomic E-state index is 12.6. The van der Waals surface area contributed by atoms with Gasteiger partial charge in [-0.3, -0.25) is 4.18 Å². The molecule has 0 aliphatic carbocycles. The summed E-state index contributed by atoms with van der Waals surface area (Å²) in [7, 11) is -3.80. The Hall–Kier alpha value is -2.66. The largest absolute Gasteiger partial charge is 0.489 e. The Morgan fingerprint density at radius 1 is 1.26 bits per heavy atom. The van der Waals surface area contributed by atoms with Crippen molar-refractivity contribution in [2.75, 3.05) is 31.6 Å². The van der Waals surface area contributed by atoms with Gasteiger partial charge in [0, 0.05) is 30.1 Å². The van der Waals surface area contributed by atoms with E-state index >= 15 is 0 Å². The van der Waals surface area contributed by atoms with Gasteiger partial charge in [-0.1, -0.05) is 17.7 Å². The minimum atomic E-state index is -3.80. The molecule has 1 aromatic heterocycles. The Labute approximate surface area is 203 Å². The Kier molecular flexibility index (Phi) is 9.28. The van der Waals surface area contributed by atoms with E-state index in [9.17, 15) is 12.8 Å². The fourth-order valence-electron chi connectivity index (χ4n) is 2.92. The second kappa shape index (κ2) is 12.2. The normalized spacial score (nSPS) is 13.2. The minimum Gasteiger partial charge on any atom is -0.489 e. The molecular weight excluding hydrogens is 485 g/mol. The smallest absolute Gasteiger partial charge is 0.296 e. The Morgan fingerprint density at radius 3 is 2.74 bits per heavy atom. The summed E-state index contributed by atoms with van der Waals surface area (Å²) in [5, 5.41) is 2.75. The van der Waals surface area contributed by atoms with Gasteiger partial charge in [-0.05, 0) is 44.0 Å². The predicted octanol–water partition coefficient (Wildman–Crippen LogP) is 4.53. The van der Waals surface area contributed by atoms with Gasteiger partial charge in [0.1, 0.15) is 17.9 Å². The third-order valence-corrected chi connectivity index (χ3v) is 6.68. The molecule has 0 bridgehead atoms. The molecule has 3 N–H and O–H groups in total. The number of fused-ring (bicyclic) bond motifs is 1. The van der Waals surface area contributed by atoms with Gasteiger partial charge < -0.3 is 20.2 Å². The molecule has 0 fully saturated rings. The minimum absolute atomic E-state index is 0.0144. The van der Waals surface area contributed by atoms with Crippen molar-refractivity contribution >= 4 is 38.8 Å².